The predicted molar refractivity (Wildman–Crippen MR) is 118 cm³/mol. The fraction of sp³-hybridized carbons (Fsp3) is 0.217. The summed E-state index contributed by atoms with van der Waals surface area (Å²) >= 11 is 0. The number of hydrogen-bond acceptors (Lipinski definition) is 6. The summed E-state index contributed by atoms with van der Waals surface area (Å²) in [6.07, 6.45) is 2.45. The Labute approximate surface area is 182 Å². The highest BCUT2D eigenvalue weighted by molar-refractivity contribution is 6.06. The molecule has 0 fully saturated rings. The quantitative estimate of drug-likeness (QED) is 0.462. The molecule has 1 amide bonds. The van der Waals surface area contributed by atoms with Crippen LogP contribution < -0.4 is 21.3 Å². The van der Waals surface area contributed by atoms with Gasteiger partial charge in [-0.2, -0.15) is 0 Å². The first-order valence-corrected chi connectivity index (χ1v) is 10.2. The van der Waals surface area contributed by atoms with Gasteiger partial charge in [0, 0.05) is 18.3 Å². The number of H-pyrrole nitrogens is 1. The summed E-state index contributed by atoms with van der Waals surface area (Å²) < 4.78 is 12.1. The first kappa shape index (κ1) is 21.1. The second-order valence-electron chi connectivity index (χ2n) is 7.14. The molecule has 1 aromatic carbocycles. The van der Waals surface area contributed by atoms with Crippen molar-refractivity contribution in [1.82, 2.24) is 19.9 Å². The van der Waals surface area contributed by atoms with Crippen LogP contribution in [0.3, 0.4) is 0 Å². The molecule has 0 saturated heterocycles. The van der Waals surface area contributed by atoms with Crippen molar-refractivity contribution in [1.29, 1.82) is 0 Å². The van der Waals surface area contributed by atoms with Crippen LogP contribution in [0.15, 0.2) is 62.7 Å². The van der Waals surface area contributed by atoms with Crippen LogP contribution in [0.5, 0.6) is 5.88 Å². The Kier molecular flexibility index (Phi) is 5.89. The van der Waals surface area contributed by atoms with Gasteiger partial charge in [-0.3, -0.25) is 14.6 Å². The number of aromatic amines is 1. The third-order valence-electron chi connectivity index (χ3n) is 4.90. The molecule has 0 radical (unpaired) electrons. The lowest BCUT2D eigenvalue weighted by Gasteiger charge is -2.10. The Bertz CT molecular complexity index is 1390. The molecule has 32 heavy (non-hydrogen) atoms. The van der Waals surface area contributed by atoms with E-state index in [1.165, 1.54) is 0 Å². The fourth-order valence-electron chi connectivity index (χ4n) is 3.43. The van der Waals surface area contributed by atoms with Crippen LogP contribution in [0.25, 0.3) is 16.8 Å². The lowest BCUT2D eigenvalue weighted by molar-refractivity contribution is 0.0950. The van der Waals surface area contributed by atoms with Gasteiger partial charge in [0.15, 0.2) is 0 Å². The molecule has 164 valence electrons. The van der Waals surface area contributed by atoms with Gasteiger partial charge in [-0.15, -0.1) is 0 Å². The van der Waals surface area contributed by atoms with E-state index in [1.807, 2.05) is 6.92 Å². The van der Waals surface area contributed by atoms with Gasteiger partial charge in [0.25, 0.3) is 11.5 Å². The van der Waals surface area contributed by atoms with Gasteiger partial charge in [-0.1, -0.05) is 31.2 Å². The topological polar surface area (TPSA) is 119 Å². The molecule has 9 nitrogen and oxygen atoms in total. The second kappa shape index (κ2) is 8.93. The summed E-state index contributed by atoms with van der Waals surface area (Å²) in [5.74, 6) is 0.166. The van der Waals surface area contributed by atoms with Gasteiger partial charge in [0.1, 0.15) is 11.1 Å². The Hall–Kier alpha value is -4.14. The molecule has 4 rings (SSSR count). The van der Waals surface area contributed by atoms with Gasteiger partial charge in [-0.05, 0) is 31.5 Å². The van der Waals surface area contributed by atoms with Gasteiger partial charge < -0.3 is 14.5 Å². The van der Waals surface area contributed by atoms with Crippen LogP contribution in [0, 0.1) is 6.92 Å². The average molecular weight is 434 g/mol. The Morgan fingerprint density at radius 3 is 2.72 bits per heavy atom. The number of nitrogens with one attached hydrogen (secondary N) is 2. The van der Waals surface area contributed by atoms with E-state index in [4.69, 9.17) is 9.15 Å². The fourth-order valence-corrected chi connectivity index (χ4v) is 3.43. The molecular weight excluding hydrogens is 412 g/mol. The van der Waals surface area contributed by atoms with Gasteiger partial charge >= 0.3 is 5.69 Å². The minimum atomic E-state index is -0.650. The zero-order chi connectivity index (χ0) is 22.7. The van der Waals surface area contributed by atoms with Crippen molar-refractivity contribution in [3.63, 3.8) is 0 Å². The largest absolute Gasteiger partial charge is 0.477 e. The zero-order valence-corrected chi connectivity index (χ0v) is 17.7. The number of furan rings is 1. The number of aromatic nitrogens is 3. The maximum absolute atomic E-state index is 13.2. The molecule has 0 unspecified atom stereocenters. The Balaban J connectivity index is 1.71. The molecule has 0 atom stereocenters. The molecule has 0 bridgehead atoms. The smallest absolute Gasteiger partial charge is 0.335 e. The SMILES string of the molecule is CCCOc1ncccc1CNC(=O)c1c(C)oc2[nH]c(=O)n(-c3ccccc3)c(=O)c12. The van der Waals surface area contributed by atoms with E-state index in [2.05, 4.69) is 15.3 Å². The first-order valence-electron chi connectivity index (χ1n) is 10.2. The number of nitrogens with zero attached hydrogens (tertiary/aromatic N) is 2. The van der Waals surface area contributed by atoms with Crippen molar-refractivity contribution >= 4 is 17.0 Å². The van der Waals surface area contributed by atoms with E-state index in [1.54, 1.807) is 55.6 Å². The number of benzene rings is 1. The van der Waals surface area contributed by atoms with Crippen LogP contribution in [0.4, 0.5) is 0 Å². The van der Waals surface area contributed by atoms with E-state index in [9.17, 15) is 14.4 Å². The number of fused-ring (bicyclic) bond motifs is 1. The van der Waals surface area contributed by atoms with E-state index < -0.39 is 17.2 Å². The number of carbonyl (C=O) groups is 1. The standard InChI is InChI=1S/C23H22N4O5/c1-3-12-31-20-15(8-7-11-24-20)13-25-19(28)17-14(2)32-21-18(17)22(29)27(23(30)26-21)16-9-5-4-6-10-16/h4-11H,3,12-13H2,1-2H3,(H,25,28)(H,26,30). The van der Waals surface area contributed by atoms with Crippen LogP contribution in [-0.4, -0.2) is 27.0 Å². The highest BCUT2D eigenvalue weighted by Gasteiger charge is 2.24. The van der Waals surface area contributed by atoms with E-state index in [0.717, 1.165) is 11.0 Å². The van der Waals surface area contributed by atoms with Gasteiger partial charge in [0.05, 0.1) is 17.9 Å². The van der Waals surface area contributed by atoms with Crippen molar-refractivity contribution in [3.05, 3.63) is 86.4 Å². The predicted octanol–water partition coefficient (Wildman–Crippen LogP) is 2.69. The highest BCUT2D eigenvalue weighted by Crippen LogP contribution is 2.21. The molecule has 0 spiro atoms. The molecule has 4 aromatic rings. The molecule has 0 aliphatic carbocycles. The number of para-hydroxylation sites is 1. The normalized spacial score (nSPS) is 10.9. The zero-order valence-electron chi connectivity index (χ0n) is 17.7. The number of pyridine rings is 1. The van der Waals surface area contributed by atoms with Crippen LogP contribution in [0.1, 0.15) is 35.0 Å². The van der Waals surface area contributed by atoms with E-state index >= 15 is 0 Å². The lowest BCUT2D eigenvalue weighted by atomic mass is 10.1. The summed E-state index contributed by atoms with van der Waals surface area (Å²) in [5, 5.41) is 2.80. The monoisotopic (exact) mass is 434 g/mol. The van der Waals surface area contributed by atoms with E-state index in [0.29, 0.717) is 23.7 Å². The molecule has 9 heteroatoms. The summed E-state index contributed by atoms with van der Waals surface area (Å²) in [6.45, 7) is 4.22. The maximum Gasteiger partial charge on any atom is 0.335 e. The number of amides is 1. The molecule has 3 heterocycles. The van der Waals surface area contributed by atoms with Crippen LogP contribution in [0.2, 0.25) is 0 Å². The third kappa shape index (κ3) is 3.92. The van der Waals surface area contributed by atoms with Crippen LogP contribution in [-0.2, 0) is 6.54 Å². The number of carbonyl (C=O) groups excluding carboxylic acids is 1. The summed E-state index contributed by atoms with van der Waals surface area (Å²) in [7, 11) is 0. The van der Waals surface area contributed by atoms with Crippen molar-refractivity contribution in [2.24, 2.45) is 0 Å². The van der Waals surface area contributed by atoms with Crippen molar-refractivity contribution < 1.29 is 13.9 Å². The van der Waals surface area contributed by atoms with Crippen molar-refractivity contribution in [3.8, 4) is 11.6 Å². The summed E-state index contributed by atoms with van der Waals surface area (Å²) in [4.78, 5) is 45.5. The van der Waals surface area contributed by atoms with Crippen LogP contribution >= 0.6 is 0 Å². The molecule has 0 aliphatic rings. The van der Waals surface area contributed by atoms with Gasteiger partial charge in [-0.25, -0.2) is 14.3 Å². The third-order valence-corrected chi connectivity index (χ3v) is 4.90. The number of aryl methyl sites for hydroxylation is 1. The molecule has 3 aromatic heterocycles. The molecular formula is C23H22N4O5. The first-order chi connectivity index (χ1) is 15.5. The lowest BCUT2D eigenvalue weighted by Crippen LogP contribution is -2.34. The minimum Gasteiger partial charge on any atom is -0.477 e. The summed E-state index contributed by atoms with van der Waals surface area (Å²) in [6, 6.07) is 12.0. The number of ether oxygens (including phenoxy) is 1. The van der Waals surface area contributed by atoms with E-state index in [-0.39, 0.29) is 29.0 Å². The highest BCUT2D eigenvalue weighted by atomic mass is 16.5. The number of rotatable bonds is 7. The summed E-state index contributed by atoms with van der Waals surface area (Å²) in [5.41, 5.74) is -0.157. The average Bonchev–Trinajstić information content (AvgIpc) is 3.13. The minimum absolute atomic E-state index is 0.0112. The maximum atomic E-state index is 13.2. The second-order valence-corrected chi connectivity index (χ2v) is 7.14. The molecule has 0 saturated carbocycles. The Morgan fingerprint density at radius 2 is 1.97 bits per heavy atom. The molecule has 2 N–H and O–H groups in total. The van der Waals surface area contributed by atoms with Crippen molar-refractivity contribution in [2.45, 2.75) is 26.8 Å². The number of hydrogen-bond donors (Lipinski definition) is 2. The Morgan fingerprint density at radius 1 is 1.19 bits per heavy atom. The van der Waals surface area contributed by atoms with Gasteiger partial charge in [0.2, 0.25) is 11.6 Å². The van der Waals surface area contributed by atoms with Crippen molar-refractivity contribution in [2.75, 3.05) is 6.61 Å². The molecule has 0 aliphatic heterocycles.